The highest BCUT2D eigenvalue weighted by Gasteiger charge is 2.18. The van der Waals surface area contributed by atoms with Crippen LogP contribution in [0, 0.1) is 0 Å². The SMILES string of the molecule is c1cc(-c2ccc(-c3cccc4c3sc3ccccc34)cc2)cc(-c2cnc3oc4c5ccccc5c5ccccc5c4c3n2)c1. The Kier molecular flexibility index (Phi) is 5.45. The van der Waals surface area contributed by atoms with Gasteiger partial charge in [-0.3, -0.25) is 0 Å². The van der Waals surface area contributed by atoms with E-state index in [0.717, 1.165) is 49.6 Å². The van der Waals surface area contributed by atoms with Crippen molar-refractivity contribution in [2.75, 3.05) is 0 Å². The molecule has 3 aromatic heterocycles. The molecule has 0 saturated carbocycles. The lowest BCUT2D eigenvalue weighted by atomic mass is 9.97. The first-order valence-electron chi connectivity index (χ1n) is 15.4. The second kappa shape index (κ2) is 9.83. The van der Waals surface area contributed by atoms with Crippen molar-refractivity contribution in [2.24, 2.45) is 0 Å². The van der Waals surface area contributed by atoms with E-state index in [1.807, 2.05) is 17.5 Å². The first kappa shape index (κ1) is 25.5. The lowest BCUT2D eigenvalue weighted by molar-refractivity contribution is 0.657. The maximum Gasteiger partial charge on any atom is 0.246 e. The smallest absolute Gasteiger partial charge is 0.246 e. The predicted molar refractivity (Wildman–Crippen MR) is 194 cm³/mol. The summed E-state index contributed by atoms with van der Waals surface area (Å²) in [6.45, 7) is 0. The molecule has 0 saturated heterocycles. The van der Waals surface area contributed by atoms with Crippen LogP contribution >= 0.6 is 11.3 Å². The fraction of sp³-hybridized carbons (Fsp3) is 0. The van der Waals surface area contributed by atoms with Crippen molar-refractivity contribution in [3.8, 4) is 33.5 Å². The van der Waals surface area contributed by atoms with Crippen molar-refractivity contribution in [2.45, 2.75) is 0 Å². The van der Waals surface area contributed by atoms with E-state index < -0.39 is 0 Å². The highest BCUT2D eigenvalue weighted by atomic mass is 32.1. The van der Waals surface area contributed by atoms with Gasteiger partial charge in [-0.2, -0.15) is 0 Å². The predicted octanol–water partition coefficient (Wildman–Crippen LogP) is 12.1. The molecule has 0 aliphatic rings. The van der Waals surface area contributed by atoms with Gasteiger partial charge in [0.15, 0.2) is 0 Å². The minimum atomic E-state index is 0.556. The van der Waals surface area contributed by atoms with Gasteiger partial charge < -0.3 is 4.42 Å². The van der Waals surface area contributed by atoms with E-state index in [4.69, 9.17) is 14.4 Å². The van der Waals surface area contributed by atoms with Gasteiger partial charge in [0.2, 0.25) is 5.71 Å². The maximum atomic E-state index is 6.38. The van der Waals surface area contributed by atoms with E-state index in [1.54, 1.807) is 0 Å². The molecule has 46 heavy (non-hydrogen) atoms. The first-order valence-corrected chi connectivity index (χ1v) is 16.2. The first-order chi connectivity index (χ1) is 22.8. The molecule has 7 aromatic carbocycles. The van der Waals surface area contributed by atoms with Gasteiger partial charge in [-0.25, -0.2) is 9.97 Å². The van der Waals surface area contributed by atoms with E-state index in [-0.39, 0.29) is 0 Å². The fourth-order valence-corrected chi connectivity index (χ4v) is 8.21. The molecular formula is C42H24N2OS. The topological polar surface area (TPSA) is 38.9 Å². The average molecular weight is 605 g/mol. The number of nitrogens with zero attached hydrogens (tertiary/aromatic N) is 2. The Labute approximate surface area is 268 Å². The Balaban J connectivity index is 1.06. The molecule has 10 aromatic rings. The zero-order valence-electron chi connectivity index (χ0n) is 24.6. The van der Waals surface area contributed by atoms with Crippen LogP contribution in [0.1, 0.15) is 0 Å². The third-order valence-electron chi connectivity index (χ3n) is 9.15. The minimum Gasteiger partial charge on any atom is -0.436 e. The van der Waals surface area contributed by atoms with Crippen LogP contribution in [0.25, 0.3) is 97.4 Å². The summed E-state index contributed by atoms with van der Waals surface area (Å²) in [5, 5.41) is 8.22. The summed E-state index contributed by atoms with van der Waals surface area (Å²) < 4.78 is 9.03. The van der Waals surface area contributed by atoms with Gasteiger partial charge >= 0.3 is 0 Å². The number of hydrogen-bond donors (Lipinski definition) is 0. The summed E-state index contributed by atoms with van der Waals surface area (Å²) in [6.07, 6.45) is 1.82. The van der Waals surface area contributed by atoms with Gasteiger partial charge in [0.1, 0.15) is 11.1 Å². The molecule has 0 atom stereocenters. The molecule has 0 N–H and O–H groups in total. The molecule has 0 spiro atoms. The van der Waals surface area contributed by atoms with E-state index in [2.05, 4.69) is 140 Å². The molecule has 0 bridgehead atoms. The van der Waals surface area contributed by atoms with E-state index >= 15 is 0 Å². The van der Waals surface area contributed by atoms with E-state index in [9.17, 15) is 0 Å². The molecule has 0 amide bonds. The molecule has 0 aliphatic heterocycles. The number of aromatic nitrogens is 2. The van der Waals surface area contributed by atoms with Crippen molar-refractivity contribution in [1.29, 1.82) is 0 Å². The third kappa shape index (κ3) is 3.77. The van der Waals surface area contributed by atoms with Crippen LogP contribution in [0.4, 0.5) is 0 Å². The maximum absolute atomic E-state index is 6.38. The Hall–Kier alpha value is -5.84. The molecule has 0 unspecified atom stereocenters. The van der Waals surface area contributed by atoms with Crippen LogP contribution in [0.2, 0.25) is 0 Å². The molecule has 10 rings (SSSR count). The van der Waals surface area contributed by atoms with Crippen LogP contribution in [0.15, 0.2) is 150 Å². The molecule has 0 aliphatic carbocycles. The Morgan fingerprint density at radius 2 is 1.15 bits per heavy atom. The molecule has 3 nitrogen and oxygen atoms in total. The summed E-state index contributed by atoms with van der Waals surface area (Å²) >= 11 is 1.87. The second-order valence-corrected chi connectivity index (χ2v) is 12.8. The molecule has 0 radical (unpaired) electrons. The van der Waals surface area contributed by atoms with Crippen LogP contribution in [-0.2, 0) is 0 Å². The summed E-state index contributed by atoms with van der Waals surface area (Å²) in [5.74, 6) is 0. The summed E-state index contributed by atoms with van der Waals surface area (Å²) in [7, 11) is 0. The van der Waals surface area contributed by atoms with E-state index in [1.165, 1.54) is 42.1 Å². The number of hydrogen-bond acceptors (Lipinski definition) is 4. The van der Waals surface area contributed by atoms with Gasteiger partial charge in [-0.1, -0.05) is 127 Å². The van der Waals surface area contributed by atoms with Crippen LogP contribution in [0.3, 0.4) is 0 Å². The highest BCUT2D eigenvalue weighted by molar-refractivity contribution is 7.26. The van der Waals surface area contributed by atoms with Crippen LogP contribution < -0.4 is 0 Å². The zero-order chi connectivity index (χ0) is 30.2. The molecule has 4 heteroatoms. The lowest BCUT2D eigenvalue weighted by Gasteiger charge is -2.08. The number of furan rings is 1. The van der Waals surface area contributed by atoms with Gasteiger partial charge in [0, 0.05) is 31.1 Å². The number of rotatable bonds is 3. The Morgan fingerprint density at radius 3 is 2.00 bits per heavy atom. The lowest BCUT2D eigenvalue weighted by Crippen LogP contribution is -1.88. The van der Waals surface area contributed by atoms with Crippen molar-refractivity contribution in [3.63, 3.8) is 0 Å². The van der Waals surface area contributed by atoms with E-state index in [0.29, 0.717) is 5.71 Å². The quantitative estimate of drug-likeness (QED) is 0.188. The van der Waals surface area contributed by atoms with Crippen LogP contribution in [0.5, 0.6) is 0 Å². The number of thiophene rings is 1. The van der Waals surface area contributed by atoms with Crippen molar-refractivity contribution in [1.82, 2.24) is 9.97 Å². The van der Waals surface area contributed by atoms with Gasteiger partial charge in [0.05, 0.1) is 17.3 Å². The Morgan fingerprint density at radius 1 is 0.500 bits per heavy atom. The summed E-state index contributed by atoms with van der Waals surface area (Å²) in [6, 6.07) is 49.6. The number of fused-ring (bicyclic) bond motifs is 11. The average Bonchev–Trinajstić information content (AvgIpc) is 3.71. The molecule has 0 fully saturated rings. The largest absolute Gasteiger partial charge is 0.436 e. The van der Waals surface area contributed by atoms with Crippen molar-refractivity contribution in [3.05, 3.63) is 146 Å². The zero-order valence-corrected chi connectivity index (χ0v) is 25.4. The second-order valence-electron chi connectivity index (χ2n) is 11.7. The third-order valence-corrected chi connectivity index (χ3v) is 10.4. The number of benzene rings is 7. The molecule has 214 valence electrons. The summed E-state index contributed by atoms with van der Waals surface area (Å²) in [5.41, 5.74) is 8.82. The fourth-order valence-electron chi connectivity index (χ4n) is 6.98. The van der Waals surface area contributed by atoms with Crippen molar-refractivity contribution >= 4 is 75.3 Å². The Bertz CT molecular complexity index is 2810. The van der Waals surface area contributed by atoms with Gasteiger partial charge in [0.25, 0.3) is 0 Å². The molecule has 3 heterocycles. The normalized spacial score (nSPS) is 11.9. The van der Waals surface area contributed by atoms with Gasteiger partial charge in [-0.05, 0) is 50.5 Å². The van der Waals surface area contributed by atoms with Crippen molar-refractivity contribution < 1.29 is 4.42 Å². The standard InChI is InChI=1S/C42H24N2OS/c1-3-14-33-30(11-1)31-12-2-4-15-34(31)40-38(33)39-42(45-40)43-24-36(44-39)28-10-7-9-27(23-28)25-19-21-26(22-20-25)29-16-8-17-35-32-13-5-6-18-37(32)46-41(29)35/h1-24H. The summed E-state index contributed by atoms with van der Waals surface area (Å²) in [4.78, 5) is 9.94. The highest BCUT2D eigenvalue weighted by Crippen LogP contribution is 2.42. The van der Waals surface area contributed by atoms with Gasteiger partial charge in [-0.15, -0.1) is 11.3 Å². The minimum absolute atomic E-state index is 0.556. The molecular weight excluding hydrogens is 581 g/mol. The van der Waals surface area contributed by atoms with Crippen LogP contribution in [-0.4, -0.2) is 9.97 Å². The monoisotopic (exact) mass is 604 g/mol.